The van der Waals surface area contributed by atoms with E-state index in [-0.39, 0.29) is 6.03 Å². The van der Waals surface area contributed by atoms with Gasteiger partial charge in [0.15, 0.2) is 0 Å². The summed E-state index contributed by atoms with van der Waals surface area (Å²) in [5, 5.41) is 21.5. The number of likely N-dealkylation sites (tertiary alicyclic amines) is 1. The third kappa shape index (κ3) is 3.04. The molecule has 5 heteroatoms. The molecule has 0 aliphatic carbocycles. The molecule has 1 heterocycles. The lowest BCUT2D eigenvalue weighted by atomic mass is 9.90. The van der Waals surface area contributed by atoms with E-state index in [0.717, 1.165) is 6.42 Å². The molecular weight excluding hydrogens is 242 g/mol. The highest BCUT2D eigenvalue weighted by atomic mass is 16.3. The van der Waals surface area contributed by atoms with Crippen LogP contribution >= 0.6 is 0 Å². The molecule has 2 rings (SSSR count). The van der Waals surface area contributed by atoms with Crippen molar-refractivity contribution in [2.75, 3.05) is 18.4 Å². The fourth-order valence-electron chi connectivity index (χ4n) is 2.30. The molecule has 0 atom stereocenters. The van der Waals surface area contributed by atoms with Gasteiger partial charge in [-0.1, -0.05) is 19.4 Å². The standard InChI is InChI=1S/C14H17N3O2/c1-2-6-14(19)9-17(10-14)13(18)16-12-5-3-4-11(7-12)8-15/h3-5,7,19H,2,6,9-10H2,1H3,(H,16,18). The number of hydrogen-bond acceptors (Lipinski definition) is 3. The predicted octanol–water partition coefficient (Wildman–Crippen LogP) is 1.94. The van der Waals surface area contributed by atoms with Gasteiger partial charge in [-0.25, -0.2) is 4.79 Å². The Morgan fingerprint density at radius 3 is 2.95 bits per heavy atom. The predicted molar refractivity (Wildman–Crippen MR) is 71.6 cm³/mol. The molecule has 2 N–H and O–H groups in total. The van der Waals surface area contributed by atoms with Crippen LogP contribution in [-0.2, 0) is 0 Å². The van der Waals surface area contributed by atoms with Crippen molar-refractivity contribution >= 4 is 11.7 Å². The summed E-state index contributed by atoms with van der Waals surface area (Å²) in [6.45, 7) is 2.74. The first-order valence-electron chi connectivity index (χ1n) is 6.35. The Morgan fingerprint density at radius 2 is 2.32 bits per heavy atom. The minimum atomic E-state index is -0.722. The van der Waals surface area contributed by atoms with Crippen molar-refractivity contribution < 1.29 is 9.90 Å². The van der Waals surface area contributed by atoms with Gasteiger partial charge in [0, 0.05) is 5.69 Å². The molecule has 0 radical (unpaired) electrons. The summed E-state index contributed by atoms with van der Waals surface area (Å²) in [7, 11) is 0. The Balaban J connectivity index is 1.91. The number of carbonyl (C=O) groups is 1. The zero-order chi connectivity index (χ0) is 13.9. The third-order valence-electron chi connectivity index (χ3n) is 3.22. The highest BCUT2D eigenvalue weighted by molar-refractivity contribution is 5.90. The number of aliphatic hydroxyl groups is 1. The molecule has 0 unspecified atom stereocenters. The number of hydrogen-bond donors (Lipinski definition) is 2. The molecule has 1 aromatic carbocycles. The number of nitrogens with zero attached hydrogens (tertiary/aromatic N) is 2. The Hall–Kier alpha value is -2.06. The average Bonchev–Trinajstić information content (AvgIpc) is 2.36. The zero-order valence-corrected chi connectivity index (χ0v) is 10.9. The maximum absolute atomic E-state index is 11.9. The highest BCUT2D eigenvalue weighted by Gasteiger charge is 2.42. The smallest absolute Gasteiger partial charge is 0.322 e. The van der Waals surface area contributed by atoms with Crippen LogP contribution in [0.1, 0.15) is 25.3 Å². The average molecular weight is 259 g/mol. The molecule has 1 aromatic rings. The Labute approximate surface area is 112 Å². The van der Waals surface area contributed by atoms with Gasteiger partial charge in [-0.2, -0.15) is 5.26 Å². The second-order valence-corrected chi connectivity index (χ2v) is 4.95. The minimum absolute atomic E-state index is 0.240. The summed E-state index contributed by atoms with van der Waals surface area (Å²) in [6, 6.07) is 8.54. The molecule has 0 aromatic heterocycles. The van der Waals surface area contributed by atoms with Gasteiger partial charge in [0.1, 0.15) is 0 Å². The van der Waals surface area contributed by atoms with Crippen molar-refractivity contribution in [3.8, 4) is 6.07 Å². The maximum Gasteiger partial charge on any atom is 0.322 e. The number of carbonyl (C=O) groups excluding carboxylic acids is 1. The first-order chi connectivity index (χ1) is 9.06. The van der Waals surface area contributed by atoms with E-state index >= 15 is 0 Å². The normalized spacial score (nSPS) is 16.4. The fourth-order valence-corrected chi connectivity index (χ4v) is 2.30. The van der Waals surface area contributed by atoms with Crippen LogP contribution < -0.4 is 5.32 Å². The van der Waals surface area contributed by atoms with Crippen LogP contribution in [-0.4, -0.2) is 34.7 Å². The van der Waals surface area contributed by atoms with Gasteiger partial charge in [0.25, 0.3) is 0 Å². The lowest BCUT2D eigenvalue weighted by molar-refractivity contribution is -0.0792. The molecule has 1 aliphatic heterocycles. The molecule has 0 bridgehead atoms. The molecule has 1 saturated heterocycles. The van der Waals surface area contributed by atoms with Crippen molar-refractivity contribution in [1.82, 2.24) is 4.90 Å². The van der Waals surface area contributed by atoms with Gasteiger partial charge in [-0.3, -0.25) is 0 Å². The van der Waals surface area contributed by atoms with E-state index in [9.17, 15) is 9.90 Å². The largest absolute Gasteiger partial charge is 0.386 e. The highest BCUT2D eigenvalue weighted by Crippen LogP contribution is 2.26. The fraction of sp³-hybridized carbons (Fsp3) is 0.429. The molecule has 2 amide bonds. The number of nitriles is 1. The lowest BCUT2D eigenvalue weighted by Gasteiger charge is -2.46. The molecule has 19 heavy (non-hydrogen) atoms. The minimum Gasteiger partial charge on any atom is -0.386 e. The van der Waals surface area contributed by atoms with Crippen LogP contribution in [0.25, 0.3) is 0 Å². The first-order valence-corrected chi connectivity index (χ1v) is 6.35. The summed E-state index contributed by atoms with van der Waals surface area (Å²) < 4.78 is 0. The van der Waals surface area contributed by atoms with Crippen molar-refractivity contribution in [2.45, 2.75) is 25.4 Å². The lowest BCUT2D eigenvalue weighted by Crippen LogP contribution is -2.64. The number of β-amino-alcohol motifs (C(OH)–C–C–N with tert-alkyl or cyclic N) is 1. The number of nitrogens with one attached hydrogen (secondary N) is 1. The third-order valence-corrected chi connectivity index (χ3v) is 3.22. The van der Waals surface area contributed by atoms with Crippen LogP contribution in [0.15, 0.2) is 24.3 Å². The number of urea groups is 1. The van der Waals surface area contributed by atoms with Crippen molar-refractivity contribution in [2.24, 2.45) is 0 Å². The summed E-state index contributed by atoms with van der Waals surface area (Å²) in [5.41, 5.74) is 0.375. The SMILES string of the molecule is CCCC1(O)CN(C(=O)Nc2cccc(C#N)c2)C1. The van der Waals surface area contributed by atoms with E-state index in [0.29, 0.717) is 30.8 Å². The van der Waals surface area contributed by atoms with Gasteiger partial charge in [0.2, 0.25) is 0 Å². The van der Waals surface area contributed by atoms with E-state index in [2.05, 4.69) is 5.32 Å². The van der Waals surface area contributed by atoms with E-state index < -0.39 is 5.60 Å². The van der Waals surface area contributed by atoms with Crippen LogP contribution in [0.2, 0.25) is 0 Å². The summed E-state index contributed by atoms with van der Waals surface area (Å²) in [4.78, 5) is 13.5. The summed E-state index contributed by atoms with van der Waals surface area (Å²) >= 11 is 0. The first kappa shape index (κ1) is 13.4. The number of rotatable bonds is 3. The van der Waals surface area contributed by atoms with E-state index in [1.807, 2.05) is 13.0 Å². The van der Waals surface area contributed by atoms with Crippen LogP contribution in [0.3, 0.4) is 0 Å². The summed E-state index contributed by atoms with van der Waals surface area (Å²) in [6.07, 6.45) is 1.61. The molecule has 1 fully saturated rings. The van der Waals surface area contributed by atoms with Crippen LogP contribution in [0, 0.1) is 11.3 Å². The van der Waals surface area contributed by atoms with Crippen molar-refractivity contribution in [3.63, 3.8) is 0 Å². The Kier molecular flexibility index (Phi) is 3.72. The van der Waals surface area contributed by atoms with E-state index in [4.69, 9.17) is 5.26 Å². The van der Waals surface area contributed by atoms with E-state index in [1.54, 1.807) is 29.2 Å². The van der Waals surface area contributed by atoms with Crippen molar-refractivity contribution in [3.05, 3.63) is 29.8 Å². The monoisotopic (exact) mass is 259 g/mol. The molecule has 5 nitrogen and oxygen atoms in total. The Bertz CT molecular complexity index is 516. The number of benzene rings is 1. The second kappa shape index (κ2) is 5.29. The van der Waals surface area contributed by atoms with Gasteiger partial charge in [0.05, 0.1) is 30.3 Å². The number of anilines is 1. The molecule has 0 spiro atoms. The quantitative estimate of drug-likeness (QED) is 0.870. The topological polar surface area (TPSA) is 76.4 Å². The summed E-state index contributed by atoms with van der Waals surface area (Å²) in [5.74, 6) is 0. The van der Waals surface area contributed by atoms with Gasteiger partial charge in [-0.15, -0.1) is 0 Å². The maximum atomic E-state index is 11.9. The van der Waals surface area contributed by atoms with Crippen LogP contribution in [0.5, 0.6) is 0 Å². The van der Waals surface area contributed by atoms with Gasteiger partial charge < -0.3 is 15.3 Å². The van der Waals surface area contributed by atoms with Gasteiger partial charge in [-0.05, 0) is 24.6 Å². The van der Waals surface area contributed by atoms with Gasteiger partial charge >= 0.3 is 6.03 Å². The van der Waals surface area contributed by atoms with Crippen LogP contribution in [0.4, 0.5) is 10.5 Å². The molecule has 100 valence electrons. The zero-order valence-electron chi connectivity index (χ0n) is 10.9. The molecular formula is C14H17N3O2. The molecule has 0 saturated carbocycles. The van der Waals surface area contributed by atoms with E-state index in [1.165, 1.54) is 0 Å². The Morgan fingerprint density at radius 1 is 1.58 bits per heavy atom. The number of amides is 2. The molecule has 1 aliphatic rings. The van der Waals surface area contributed by atoms with Crippen molar-refractivity contribution in [1.29, 1.82) is 5.26 Å². The second-order valence-electron chi connectivity index (χ2n) is 4.95.